The molecule has 1 N–H and O–H groups in total. The molecular weight excluding hydrogens is 162 g/mol. The Hall–Kier alpha value is -0.870. The predicted octanol–water partition coefficient (Wildman–Crippen LogP) is 1.43. The molecule has 0 aromatic carbocycles. The summed E-state index contributed by atoms with van der Waals surface area (Å²) in [6.45, 7) is 2.30. The lowest BCUT2D eigenvalue weighted by molar-refractivity contribution is 0.0365. The molecule has 0 atom stereocenters. The highest BCUT2D eigenvalue weighted by Gasteiger charge is 2.03. The SMILES string of the molecule is CCONC(=O)c1ccsc1. The van der Waals surface area contributed by atoms with Crippen molar-refractivity contribution in [2.24, 2.45) is 0 Å². The van der Waals surface area contributed by atoms with Gasteiger partial charge in [-0.05, 0) is 18.4 Å². The maximum atomic E-state index is 11.0. The monoisotopic (exact) mass is 171 g/mol. The van der Waals surface area contributed by atoms with Gasteiger partial charge in [0.25, 0.3) is 5.91 Å². The van der Waals surface area contributed by atoms with Gasteiger partial charge < -0.3 is 0 Å². The molecule has 0 aliphatic heterocycles. The largest absolute Gasteiger partial charge is 0.275 e. The Morgan fingerprint density at radius 3 is 3.18 bits per heavy atom. The molecule has 1 rings (SSSR count). The molecule has 0 radical (unpaired) electrons. The molecule has 0 fully saturated rings. The van der Waals surface area contributed by atoms with Crippen LogP contribution in [0.3, 0.4) is 0 Å². The molecule has 0 bridgehead atoms. The lowest BCUT2D eigenvalue weighted by Crippen LogP contribution is -2.22. The van der Waals surface area contributed by atoms with Crippen LogP contribution in [0.4, 0.5) is 0 Å². The van der Waals surface area contributed by atoms with Crippen molar-refractivity contribution in [1.82, 2.24) is 5.48 Å². The number of carbonyl (C=O) groups is 1. The Morgan fingerprint density at radius 1 is 1.82 bits per heavy atom. The third-order valence-electron chi connectivity index (χ3n) is 1.09. The summed E-state index contributed by atoms with van der Waals surface area (Å²) in [4.78, 5) is 15.8. The summed E-state index contributed by atoms with van der Waals surface area (Å²) in [7, 11) is 0. The van der Waals surface area contributed by atoms with E-state index in [4.69, 9.17) is 4.84 Å². The first-order valence-corrected chi connectivity index (χ1v) is 4.23. The Bertz CT molecular complexity index is 220. The fraction of sp³-hybridized carbons (Fsp3) is 0.286. The maximum Gasteiger partial charge on any atom is 0.275 e. The van der Waals surface area contributed by atoms with Gasteiger partial charge in [0.2, 0.25) is 0 Å². The van der Waals surface area contributed by atoms with Gasteiger partial charge >= 0.3 is 0 Å². The molecule has 1 heterocycles. The van der Waals surface area contributed by atoms with Gasteiger partial charge in [0, 0.05) is 5.38 Å². The van der Waals surface area contributed by atoms with Crippen LogP contribution in [0, 0.1) is 0 Å². The normalized spacial score (nSPS) is 9.55. The summed E-state index contributed by atoms with van der Waals surface area (Å²) < 4.78 is 0. The van der Waals surface area contributed by atoms with Gasteiger partial charge in [-0.15, -0.1) is 0 Å². The van der Waals surface area contributed by atoms with Crippen molar-refractivity contribution < 1.29 is 9.63 Å². The first kappa shape index (κ1) is 8.23. The van der Waals surface area contributed by atoms with E-state index < -0.39 is 0 Å². The van der Waals surface area contributed by atoms with Crippen LogP contribution in [0.25, 0.3) is 0 Å². The smallest absolute Gasteiger partial charge is 0.274 e. The highest BCUT2D eigenvalue weighted by Crippen LogP contribution is 2.04. The predicted molar refractivity (Wildman–Crippen MR) is 43.4 cm³/mol. The van der Waals surface area contributed by atoms with E-state index in [9.17, 15) is 4.79 Å². The first-order chi connectivity index (χ1) is 5.34. The maximum absolute atomic E-state index is 11.0. The Morgan fingerprint density at radius 2 is 2.64 bits per heavy atom. The molecule has 0 unspecified atom stereocenters. The molecule has 1 aromatic rings. The van der Waals surface area contributed by atoms with E-state index in [0.29, 0.717) is 12.2 Å². The minimum Gasteiger partial charge on any atom is -0.274 e. The second-order valence-corrected chi connectivity index (χ2v) is 2.66. The molecule has 1 aromatic heterocycles. The number of carbonyl (C=O) groups excluding carboxylic acids is 1. The van der Waals surface area contributed by atoms with Gasteiger partial charge in [0.1, 0.15) is 0 Å². The van der Waals surface area contributed by atoms with Gasteiger partial charge in [-0.2, -0.15) is 11.3 Å². The molecule has 11 heavy (non-hydrogen) atoms. The van der Waals surface area contributed by atoms with E-state index in [1.807, 2.05) is 12.3 Å². The van der Waals surface area contributed by atoms with E-state index in [1.54, 1.807) is 11.4 Å². The number of thiophene rings is 1. The summed E-state index contributed by atoms with van der Waals surface area (Å²) >= 11 is 1.48. The number of hydrogen-bond donors (Lipinski definition) is 1. The van der Waals surface area contributed by atoms with Crippen molar-refractivity contribution in [2.75, 3.05) is 6.61 Å². The summed E-state index contributed by atoms with van der Waals surface area (Å²) in [6.07, 6.45) is 0. The number of hydrogen-bond acceptors (Lipinski definition) is 3. The second kappa shape index (κ2) is 4.10. The van der Waals surface area contributed by atoms with Crippen molar-refractivity contribution in [3.63, 3.8) is 0 Å². The molecule has 0 aliphatic rings. The average molecular weight is 171 g/mol. The fourth-order valence-corrected chi connectivity index (χ4v) is 1.23. The number of nitrogens with one attached hydrogen (secondary N) is 1. The van der Waals surface area contributed by atoms with E-state index in [1.165, 1.54) is 11.3 Å². The van der Waals surface area contributed by atoms with Crippen molar-refractivity contribution >= 4 is 17.2 Å². The third kappa shape index (κ3) is 2.32. The molecule has 0 spiro atoms. The molecule has 60 valence electrons. The lowest BCUT2D eigenvalue weighted by atomic mass is 10.3. The molecule has 0 saturated carbocycles. The van der Waals surface area contributed by atoms with Crippen LogP contribution < -0.4 is 5.48 Å². The summed E-state index contributed by atoms with van der Waals surface area (Å²) in [5.41, 5.74) is 2.94. The topological polar surface area (TPSA) is 38.3 Å². The summed E-state index contributed by atoms with van der Waals surface area (Å²) in [6, 6.07) is 1.75. The zero-order valence-electron chi connectivity index (χ0n) is 6.16. The minimum atomic E-state index is -0.187. The van der Waals surface area contributed by atoms with E-state index in [2.05, 4.69) is 5.48 Å². The molecule has 0 aliphatic carbocycles. The lowest BCUT2D eigenvalue weighted by Gasteiger charge is -1.99. The Kier molecular flexibility index (Phi) is 3.07. The van der Waals surface area contributed by atoms with Crippen LogP contribution in [-0.4, -0.2) is 12.5 Å². The van der Waals surface area contributed by atoms with Crippen molar-refractivity contribution in [1.29, 1.82) is 0 Å². The van der Waals surface area contributed by atoms with Crippen LogP contribution >= 0.6 is 11.3 Å². The summed E-state index contributed by atoms with van der Waals surface area (Å²) in [5.74, 6) is -0.187. The highest BCUT2D eigenvalue weighted by molar-refractivity contribution is 7.08. The second-order valence-electron chi connectivity index (χ2n) is 1.88. The van der Waals surface area contributed by atoms with Crippen molar-refractivity contribution in [3.05, 3.63) is 22.4 Å². The third-order valence-corrected chi connectivity index (χ3v) is 1.78. The van der Waals surface area contributed by atoms with Crippen LogP contribution in [-0.2, 0) is 4.84 Å². The number of amides is 1. The Labute approximate surface area is 68.9 Å². The van der Waals surface area contributed by atoms with Crippen LogP contribution in [0.2, 0.25) is 0 Å². The van der Waals surface area contributed by atoms with Crippen molar-refractivity contribution in [2.45, 2.75) is 6.92 Å². The van der Waals surface area contributed by atoms with Crippen LogP contribution in [0.15, 0.2) is 16.8 Å². The number of rotatable bonds is 3. The van der Waals surface area contributed by atoms with Crippen LogP contribution in [0.5, 0.6) is 0 Å². The summed E-state index contributed by atoms with van der Waals surface area (Å²) in [5, 5.41) is 3.62. The van der Waals surface area contributed by atoms with Gasteiger partial charge in [-0.25, -0.2) is 5.48 Å². The first-order valence-electron chi connectivity index (χ1n) is 3.29. The van der Waals surface area contributed by atoms with E-state index in [-0.39, 0.29) is 5.91 Å². The van der Waals surface area contributed by atoms with Gasteiger partial charge in [-0.3, -0.25) is 9.63 Å². The average Bonchev–Trinajstić information content (AvgIpc) is 2.52. The van der Waals surface area contributed by atoms with E-state index >= 15 is 0 Å². The molecule has 4 heteroatoms. The standard InChI is InChI=1S/C7H9NO2S/c1-2-10-8-7(9)6-3-4-11-5-6/h3-5H,2H2,1H3,(H,8,9). The molecular formula is C7H9NO2S. The van der Waals surface area contributed by atoms with Crippen LogP contribution in [0.1, 0.15) is 17.3 Å². The molecule has 1 amide bonds. The molecule has 0 saturated heterocycles. The highest BCUT2D eigenvalue weighted by atomic mass is 32.1. The fourth-order valence-electron chi connectivity index (χ4n) is 0.590. The number of hydroxylamine groups is 1. The minimum absolute atomic E-state index is 0.187. The zero-order chi connectivity index (χ0) is 8.10. The zero-order valence-corrected chi connectivity index (χ0v) is 6.98. The van der Waals surface area contributed by atoms with Gasteiger partial charge in [0.15, 0.2) is 0 Å². The molecule has 3 nitrogen and oxygen atoms in total. The van der Waals surface area contributed by atoms with Gasteiger partial charge in [-0.1, -0.05) is 0 Å². The van der Waals surface area contributed by atoms with Crippen molar-refractivity contribution in [3.8, 4) is 0 Å². The van der Waals surface area contributed by atoms with Gasteiger partial charge in [0.05, 0.1) is 12.2 Å². The van der Waals surface area contributed by atoms with E-state index in [0.717, 1.165) is 0 Å². The quantitative estimate of drug-likeness (QED) is 0.699. The Balaban J connectivity index is 2.43.